The molecule has 1 aromatic rings. The van der Waals surface area contributed by atoms with Crippen molar-refractivity contribution in [3.8, 4) is 0 Å². The average molecular weight is 177 g/mol. The number of nitrogens with two attached hydrogens (primary N) is 1. The molecule has 0 bridgehead atoms. The maximum atomic E-state index is 10.9. The molecule has 2 N–H and O–H groups in total. The van der Waals surface area contributed by atoms with Crippen molar-refractivity contribution in [2.24, 2.45) is 5.73 Å². The van der Waals surface area contributed by atoms with Crippen molar-refractivity contribution >= 4 is 11.9 Å². The zero-order valence-corrected chi connectivity index (χ0v) is 8.08. The molecule has 0 atom stereocenters. The van der Waals surface area contributed by atoms with E-state index < -0.39 is 0 Å². The summed E-state index contributed by atoms with van der Waals surface area (Å²) in [6, 6.07) is 7.40. The van der Waals surface area contributed by atoms with E-state index in [0.29, 0.717) is 0 Å². The highest BCUT2D eigenvalue weighted by Gasteiger charge is 1.96. The monoisotopic (exact) mass is 177 g/mol. The molecule has 1 aromatic carbocycles. The Morgan fingerprint density at radius 3 is 2.54 bits per heavy atom. The van der Waals surface area contributed by atoms with Crippen molar-refractivity contribution in [3.05, 3.63) is 42.0 Å². The summed E-state index contributed by atoms with van der Waals surface area (Å²) in [6.45, 7) is 5.18. The lowest BCUT2D eigenvalue weighted by molar-refractivity contribution is 0.101. The van der Waals surface area contributed by atoms with Crippen LogP contribution in [0.4, 0.5) is 0 Å². The Kier molecular flexibility index (Phi) is 5.48. The van der Waals surface area contributed by atoms with Crippen molar-refractivity contribution in [1.82, 2.24) is 0 Å². The van der Waals surface area contributed by atoms with E-state index in [1.165, 1.54) is 7.05 Å². The summed E-state index contributed by atoms with van der Waals surface area (Å²) in [4.78, 5) is 10.9. The Hall–Kier alpha value is -1.41. The van der Waals surface area contributed by atoms with Crippen molar-refractivity contribution in [2.75, 3.05) is 7.05 Å². The molecule has 0 saturated carbocycles. The molecule has 0 aromatic heterocycles. The Morgan fingerprint density at radius 1 is 1.46 bits per heavy atom. The van der Waals surface area contributed by atoms with Crippen LogP contribution >= 0.6 is 0 Å². The highest BCUT2D eigenvalue weighted by atomic mass is 16.1. The first-order chi connectivity index (χ1) is 6.24. The van der Waals surface area contributed by atoms with Gasteiger partial charge < -0.3 is 5.73 Å². The maximum Gasteiger partial charge on any atom is 0.159 e. The van der Waals surface area contributed by atoms with Gasteiger partial charge in [-0.15, -0.1) is 0 Å². The van der Waals surface area contributed by atoms with E-state index in [1.54, 1.807) is 19.1 Å². The zero-order chi connectivity index (χ0) is 10.3. The maximum absolute atomic E-state index is 10.9. The van der Waals surface area contributed by atoms with Crippen LogP contribution in [0.1, 0.15) is 22.8 Å². The predicted molar refractivity (Wildman–Crippen MR) is 56.6 cm³/mol. The van der Waals surface area contributed by atoms with Crippen LogP contribution in [0.3, 0.4) is 0 Å². The number of Topliss-reactive ketones (excluding diaryl/α,β-unsaturated/α-hetero) is 1. The van der Waals surface area contributed by atoms with Gasteiger partial charge in [0.25, 0.3) is 0 Å². The van der Waals surface area contributed by atoms with Crippen LogP contribution in [0.5, 0.6) is 0 Å². The Bertz CT molecular complexity index is 292. The Balaban J connectivity index is 0.000000671. The van der Waals surface area contributed by atoms with E-state index in [1.807, 2.05) is 18.2 Å². The van der Waals surface area contributed by atoms with Crippen molar-refractivity contribution < 1.29 is 4.79 Å². The topological polar surface area (TPSA) is 43.1 Å². The minimum atomic E-state index is 0.0914. The lowest BCUT2D eigenvalue weighted by Crippen LogP contribution is -1.90. The van der Waals surface area contributed by atoms with Gasteiger partial charge in [0.15, 0.2) is 5.78 Å². The second-order valence-corrected chi connectivity index (χ2v) is 2.39. The molecule has 13 heavy (non-hydrogen) atoms. The number of rotatable bonds is 2. The van der Waals surface area contributed by atoms with Crippen LogP contribution in [0.2, 0.25) is 0 Å². The van der Waals surface area contributed by atoms with Crippen molar-refractivity contribution in [1.29, 1.82) is 0 Å². The van der Waals surface area contributed by atoms with Gasteiger partial charge in [-0.25, -0.2) is 0 Å². The average Bonchev–Trinajstić information content (AvgIpc) is 2.21. The van der Waals surface area contributed by atoms with Crippen molar-refractivity contribution in [3.63, 3.8) is 0 Å². The van der Waals surface area contributed by atoms with Gasteiger partial charge in [0.05, 0.1) is 0 Å². The smallest absolute Gasteiger partial charge is 0.159 e. The van der Waals surface area contributed by atoms with Gasteiger partial charge in [-0.2, -0.15) is 0 Å². The zero-order valence-electron chi connectivity index (χ0n) is 8.08. The van der Waals surface area contributed by atoms with E-state index in [2.05, 4.69) is 12.3 Å². The fourth-order valence-corrected chi connectivity index (χ4v) is 0.885. The number of carbonyl (C=O) groups is 1. The minimum Gasteiger partial charge on any atom is -0.333 e. The van der Waals surface area contributed by atoms with E-state index in [9.17, 15) is 4.79 Å². The SMILES string of the molecule is C=Cc1cccc(C(C)=O)c1.CN. The second kappa shape index (κ2) is 6.14. The van der Waals surface area contributed by atoms with Gasteiger partial charge in [0.2, 0.25) is 0 Å². The molecular weight excluding hydrogens is 162 g/mol. The summed E-state index contributed by atoms with van der Waals surface area (Å²) in [7, 11) is 1.50. The molecule has 70 valence electrons. The lowest BCUT2D eigenvalue weighted by Gasteiger charge is -1.95. The van der Waals surface area contributed by atoms with Crippen LogP contribution in [-0.2, 0) is 0 Å². The Labute approximate surface area is 79.1 Å². The second-order valence-electron chi connectivity index (χ2n) is 2.39. The van der Waals surface area contributed by atoms with Gasteiger partial charge >= 0.3 is 0 Å². The largest absolute Gasteiger partial charge is 0.333 e. The number of ketones is 1. The van der Waals surface area contributed by atoms with Crippen LogP contribution < -0.4 is 5.73 Å². The number of hydrogen-bond acceptors (Lipinski definition) is 2. The first-order valence-electron chi connectivity index (χ1n) is 4.05. The molecule has 0 heterocycles. The van der Waals surface area contributed by atoms with Crippen LogP contribution in [0, 0.1) is 0 Å². The molecule has 0 saturated heterocycles. The molecule has 0 aliphatic carbocycles. The third-order valence-electron chi connectivity index (χ3n) is 1.53. The quantitative estimate of drug-likeness (QED) is 0.703. The number of carbonyl (C=O) groups excluding carboxylic acids is 1. The third-order valence-corrected chi connectivity index (χ3v) is 1.53. The Morgan fingerprint density at radius 2 is 2.08 bits per heavy atom. The lowest BCUT2D eigenvalue weighted by atomic mass is 10.1. The molecule has 1 rings (SSSR count). The molecule has 0 unspecified atom stereocenters. The molecule has 0 fully saturated rings. The van der Waals surface area contributed by atoms with Gasteiger partial charge in [0, 0.05) is 5.56 Å². The van der Waals surface area contributed by atoms with E-state index in [0.717, 1.165) is 11.1 Å². The molecule has 0 spiro atoms. The highest BCUT2D eigenvalue weighted by molar-refractivity contribution is 5.94. The summed E-state index contributed by atoms with van der Waals surface area (Å²) in [6.07, 6.45) is 1.73. The molecule has 0 aliphatic rings. The van der Waals surface area contributed by atoms with Gasteiger partial charge in [0.1, 0.15) is 0 Å². The van der Waals surface area contributed by atoms with Gasteiger partial charge in [-0.3, -0.25) is 4.79 Å². The summed E-state index contributed by atoms with van der Waals surface area (Å²) in [5, 5.41) is 0. The van der Waals surface area contributed by atoms with Crippen LogP contribution in [0.15, 0.2) is 30.8 Å². The normalized spacial score (nSPS) is 8.23. The summed E-state index contributed by atoms with van der Waals surface area (Å²) < 4.78 is 0. The van der Waals surface area contributed by atoms with E-state index >= 15 is 0 Å². The summed E-state index contributed by atoms with van der Waals surface area (Å²) in [5.41, 5.74) is 6.22. The third kappa shape index (κ3) is 3.67. The van der Waals surface area contributed by atoms with Gasteiger partial charge in [-0.1, -0.05) is 30.9 Å². The molecule has 0 amide bonds. The summed E-state index contributed by atoms with van der Waals surface area (Å²) >= 11 is 0. The molecular formula is C11H15NO. The number of hydrogen-bond donors (Lipinski definition) is 1. The minimum absolute atomic E-state index is 0.0914. The fourth-order valence-electron chi connectivity index (χ4n) is 0.885. The van der Waals surface area contributed by atoms with E-state index in [4.69, 9.17) is 0 Å². The summed E-state index contributed by atoms with van der Waals surface area (Å²) in [5.74, 6) is 0.0914. The first-order valence-corrected chi connectivity index (χ1v) is 4.05. The molecule has 2 heteroatoms. The molecule has 0 aliphatic heterocycles. The van der Waals surface area contributed by atoms with Gasteiger partial charge in [-0.05, 0) is 25.6 Å². The molecule has 2 nitrogen and oxygen atoms in total. The van der Waals surface area contributed by atoms with Crippen LogP contribution in [0.25, 0.3) is 6.08 Å². The van der Waals surface area contributed by atoms with E-state index in [-0.39, 0.29) is 5.78 Å². The first kappa shape index (κ1) is 11.6. The molecule has 0 radical (unpaired) electrons. The van der Waals surface area contributed by atoms with Crippen LogP contribution in [-0.4, -0.2) is 12.8 Å². The fraction of sp³-hybridized carbons (Fsp3) is 0.182. The number of benzene rings is 1. The predicted octanol–water partition coefficient (Wildman–Crippen LogP) is 2.11. The van der Waals surface area contributed by atoms with Crippen molar-refractivity contribution in [2.45, 2.75) is 6.92 Å². The standard InChI is InChI=1S/C10H10O.CH5N/c1-3-9-5-4-6-10(7-9)8(2)11;1-2/h3-7H,1H2,2H3;2H2,1H3. The highest BCUT2D eigenvalue weighted by Crippen LogP contribution is 2.06.